The molecule has 1 aromatic carbocycles. The van der Waals surface area contributed by atoms with Gasteiger partial charge in [-0.05, 0) is 42.2 Å². The summed E-state index contributed by atoms with van der Waals surface area (Å²) in [6, 6.07) is 11.2. The van der Waals surface area contributed by atoms with Crippen molar-refractivity contribution in [2.45, 2.75) is 11.4 Å². The lowest BCUT2D eigenvalue weighted by molar-refractivity contribution is 0.602. The van der Waals surface area contributed by atoms with Gasteiger partial charge >= 0.3 is 0 Å². The van der Waals surface area contributed by atoms with Crippen molar-refractivity contribution in [3.05, 3.63) is 69.3 Å². The van der Waals surface area contributed by atoms with E-state index in [2.05, 4.69) is 10.3 Å². The maximum Gasteiger partial charge on any atom is 0.219 e. The maximum atomic E-state index is 12.7. The lowest BCUT2D eigenvalue weighted by Crippen LogP contribution is -2.16. The van der Waals surface area contributed by atoms with Crippen LogP contribution in [0.5, 0.6) is 0 Å². The number of nitriles is 1. The van der Waals surface area contributed by atoms with E-state index in [0.717, 1.165) is 5.56 Å². The summed E-state index contributed by atoms with van der Waals surface area (Å²) in [5, 5.41) is 13.1. The van der Waals surface area contributed by atoms with Crippen molar-refractivity contribution >= 4 is 33.2 Å². The van der Waals surface area contributed by atoms with Crippen LogP contribution in [-0.2, 0) is 16.4 Å². The summed E-state index contributed by atoms with van der Waals surface area (Å²) in [4.78, 5) is 3.71. The highest BCUT2D eigenvalue weighted by Crippen LogP contribution is 2.26. The van der Waals surface area contributed by atoms with Crippen LogP contribution in [0, 0.1) is 11.3 Å². The number of hydrogen-bond donors (Lipinski definition) is 1. The molecule has 0 saturated heterocycles. The first-order valence-corrected chi connectivity index (χ1v) is 9.89. The van der Waals surface area contributed by atoms with E-state index in [9.17, 15) is 13.7 Å². The van der Waals surface area contributed by atoms with Gasteiger partial charge in [0.05, 0.1) is 9.92 Å². The summed E-state index contributed by atoms with van der Waals surface area (Å²) in [6.45, 7) is 0.366. The van der Waals surface area contributed by atoms with Crippen molar-refractivity contribution in [2.24, 2.45) is 0 Å². The SMILES string of the molecule is CS/C(NCc1cccnc1)=C(\C#N)S(=O)(=O)c1ccc(Cl)cc1. The van der Waals surface area contributed by atoms with Gasteiger partial charge in [-0.25, -0.2) is 8.42 Å². The Hall–Kier alpha value is -2.01. The van der Waals surface area contributed by atoms with Gasteiger partial charge in [0.2, 0.25) is 9.84 Å². The van der Waals surface area contributed by atoms with Gasteiger partial charge in [0.15, 0.2) is 4.91 Å². The van der Waals surface area contributed by atoms with Crippen LogP contribution < -0.4 is 5.32 Å². The van der Waals surface area contributed by atoms with Gasteiger partial charge in [0, 0.05) is 24.0 Å². The molecule has 0 radical (unpaired) electrons. The first-order chi connectivity index (χ1) is 11.5. The number of pyridine rings is 1. The van der Waals surface area contributed by atoms with Crippen LogP contribution in [-0.4, -0.2) is 19.7 Å². The number of sulfone groups is 1. The summed E-state index contributed by atoms with van der Waals surface area (Å²) in [5.74, 6) is 0. The smallest absolute Gasteiger partial charge is 0.219 e. The summed E-state index contributed by atoms with van der Waals surface area (Å²) < 4.78 is 25.4. The molecule has 0 saturated carbocycles. The number of rotatable bonds is 6. The van der Waals surface area contributed by atoms with Gasteiger partial charge in [0.1, 0.15) is 6.07 Å². The lowest BCUT2D eigenvalue weighted by Gasteiger charge is -2.12. The molecule has 8 heteroatoms. The van der Waals surface area contributed by atoms with E-state index in [-0.39, 0.29) is 14.8 Å². The molecule has 0 aliphatic rings. The highest BCUT2D eigenvalue weighted by Gasteiger charge is 2.24. The van der Waals surface area contributed by atoms with Gasteiger partial charge in [-0.15, -0.1) is 11.8 Å². The molecule has 0 fully saturated rings. The highest BCUT2D eigenvalue weighted by molar-refractivity contribution is 8.04. The Kier molecular flexibility index (Phi) is 6.26. The van der Waals surface area contributed by atoms with Crippen LogP contribution in [0.3, 0.4) is 0 Å². The second-order valence-electron chi connectivity index (χ2n) is 4.65. The Morgan fingerprint density at radius 2 is 2.04 bits per heavy atom. The van der Waals surface area contributed by atoms with Gasteiger partial charge < -0.3 is 5.32 Å². The molecule has 1 N–H and O–H groups in total. The summed E-state index contributed by atoms with van der Waals surface area (Å²) in [5.41, 5.74) is 0.880. The zero-order chi connectivity index (χ0) is 17.6. The molecule has 1 aromatic heterocycles. The van der Waals surface area contributed by atoms with E-state index in [0.29, 0.717) is 11.6 Å². The molecular formula is C16H14ClN3O2S2. The molecule has 0 aliphatic heterocycles. The summed E-state index contributed by atoms with van der Waals surface area (Å²) >= 11 is 6.96. The third-order valence-electron chi connectivity index (χ3n) is 3.08. The average molecular weight is 380 g/mol. The molecule has 2 rings (SSSR count). The maximum absolute atomic E-state index is 12.7. The predicted molar refractivity (Wildman–Crippen MR) is 95.9 cm³/mol. The largest absolute Gasteiger partial charge is 0.374 e. The number of hydrogen-bond acceptors (Lipinski definition) is 6. The molecule has 24 heavy (non-hydrogen) atoms. The molecule has 2 aromatic rings. The minimum absolute atomic E-state index is 0.0261. The van der Waals surface area contributed by atoms with Crippen molar-refractivity contribution in [1.29, 1.82) is 5.26 Å². The Morgan fingerprint density at radius 3 is 2.58 bits per heavy atom. The van der Waals surface area contributed by atoms with Crippen molar-refractivity contribution in [1.82, 2.24) is 10.3 Å². The van der Waals surface area contributed by atoms with Crippen molar-refractivity contribution in [3.63, 3.8) is 0 Å². The molecular weight excluding hydrogens is 366 g/mol. The summed E-state index contributed by atoms with van der Waals surface area (Å²) in [6.07, 6.45) is 5.03. The van der Waals surface area contributed by atoms with Crippen LogP contribution in [0.1, 0.15) is 5.56 Å². The molecule has 5 nitrogen and oxygen atoms in total. The fraction of sp³-hybridized carbons (Fsp3) is 0.125. The van der Waals surface area contributed by atoms with Crippen LogP contribution in [0.25, 0.3) is 0 Å². The van der Waals surface area contributed by atoms with Crippen LogP contribution in [0.4, 0.5) is 0 Å². The second kappa shape index (κ2) is 8.20. The molecule has 0 aliphatic carbocycles. The van der Waals surface area contributed by atoms with E-state index >= 15 is 0 Å². The van der Waals surface area contributed by atoms with Crippen LogP contribution >= 0.6 is 23.4 Å². The number of thioether (sulfide) groups is 1. The molecule has 1 heterocycles. The topological polar surface area (TPSA) is 82.8 Å². The van der Waals surface area contributed by atoms with Crippen molar-refractivity contribution in [3.8, 4) is 6.07 Å². The second-order valence-corrected chi connectivity index (χ2v) is 7.79. The molecule has 0 atom stereocenters. The first-order valence-electron chi connectivity index (χ1n) is 6.81. The number of allylic oxidation sites excluding steroid dienone is 1. The Labute approximate surface area is 150 Å². The fourth-order valence-corrected chi connectivity index (χ4v) is 4.21. The van der Waals surface area contributed by atoms with E-state index in [4.69, 9.17) is 11.6 Å². The van der Waals surface area contributed by atoms with E-state index in [1.54, 1.807) is 30.8 Å². The van der Waals surface area contributed by atoms with E-state index < -0.39 is 9.84 Å². The third-order valence-corrected chi connectivity index (χ3v) is 5.94. The molecule has 0 bridgehead atoms. The molecule has 0 spiro atoms. The quantitative estimate of drug-likeness (QED) is 0.775. The first kappa shape index (κ1) is 18.3. The van der Waals surface area contributed by atoms with E-state index in [1.807, 2.05) is 6.07 Å². The number of aromatic nitrogens is 1. The Morgan fingerprint density at radius 1 is 1.33 bits per heavy atom. The third kappa shape index (κ3) is 4.29. The van der Waals surface area contributed by atoms with Crippen molar-refractivity contribution < 1.29 is 8.42 Å². The number of nitrogens with one attached hydrogen (secondary N) is 1. The van der Waals surface area contributed by atoms with Crippen LogP contribution in [0.15, 0.2) is 63.6 Å². The standard InChI is InChI=1S/C16H14ClN3O2S2/c1-23-16(20-11-12-3-2-8-19-10-12)15(9-18)24(21,22)14-6-4-13(17)5-7-14/h2-8,10,20H,11H2,1H3/b16-15+. The number of nitrogens with zero attached hydrogens (tertiary/aromatic N) is 2. The van der Waals surface area contributed by atoms with Gasteiger partial charge in [0.25, 0.3) is 0 Å². The number of halogens is 1. The molecule has 0 unspecified atom stereocenters. The summed E-state index contributed by atoms with van der Waals surface area (Å²) in [7, 11) is -3.92. The average Bonchev–Trinajstić information content (AvgIpc) is 2.59. The lowest BCUT2D eigenvalue weighted by atomic mass is 10.3. The Bertz CT molecular complexity index is 874. The fourth-order valence-electron chi connectivity index (χ4n) is 1.89. The zero-order valence-corrected chi connectivity index (χ0v) is 15.1. The Balaban J connectivity index is 2.36. The van der Waals surface area contributed by atoms with Gasteiger partial charge in [-0.1, -0.05) is 17.7 Å². The van der Waals surface area contributed by atoms with Gasteiger partial charge in [-0.2, -0.15) is 5.26 Å². The highest BCUT2D eigenvalue weighted by atomic mass is 35.5. The van der Waals surface area contributed by atoms with Crippen LogP contribution in [0.2, 0.25) is 5.02 Å². The minimum Gasteiger partial charge on any atom is -0.374 e. The number of benzene rings is 1. The minimum atomic E-state index is -3.92. The normalized spacial score (nSPS) is 12.2. The van der Waals surface area contributed by atoms with Gasteiger partial charge in [-0.3, -0.25) is 4.98 Å². The van der Waals surface area contributed by atoms with E-state index in [1.165, 1.54) is 36.0 Å². The molecule has 0 amide bonds. The monoisotopic (exact) mass is 379 g/mol. The van der Waals surface area contributed by atoms with Crippen molar-refractivity contribution in [2.75, 3.05) is 6.26 Å². The molecule has 124 valence electrons. The predicted octanol–water partition coefficient (Wildman–Crippen LogP) is 3.35. The zero-order valence-electron chi connectivity index (χ0n) is 12.7.